The topological polar surface area (TPSA) is 78.8 Å². The van der Waals surface area contributed by atoms with Gasteiger partial charge in [0, 0.05) is 50.8 Å². The van der Waals surface area contributed by atoms with Crippen molar-refractivity contribution in [3.8, 4) is 0 Å². The number of nitrogens with two attached hydrogens (primary N) is 1. The Morgan fingerprint density at radius 3 is 2.48 bits per heavy atom. The molecule has 0 atom stereocenters. The van der Waals surface area contributed by atoms with Crippen LogP contribution in [0.15, 0.2) is 30.6 Å². The smallest absolute Gasteiger partial charge is 0.250 e. The highest BCUT2D eigenvalue weighted by atomic mass is 15.4. The molecule has 1 aliphatic heterocycles. The summed E-state index contributed by atoms with van der Waals surface area (Å²) < 4.78 is 1.70. The van der Waals surface area contributed by atoms with Crippen LogP contribution in [0.2, 0.25) is 0 Å². The van der Waals surface area contributed by atoms with Crippen molar-refractivity contribution < 1.29 is 0 Å². The van der Waals surface area contributed by atoms with Crippen molar-refractivity contribution >= 4 is 23.1 Å². The molecular formula is C21H30N8. The molecule has 1 aromatic carbocycles. The fourth-order valence-electron chi connectivity index (χ4n) is 3.91. The van der Waals surface area contributed by atoms with E-state index in [4.69, 9.17) is 10.7 Å². The lowest BCUT2D eigenvalue weighted by molar-refractivity contribution is 0.153. The van der Waals surface area contributed by atoms with E-state index in [-0.39, 0.29) is 0 Å². The van der Waals surface area contributed by atoms with E-state index in [9.17, 15) is 0 Å². The molecule has 8 heteroatoms. The summed E-state index contributed by atoms with van der Waals surface area (Å²) in [6, 6.07) is 6.57. The molecule has 3 aromatic rings. The molecule has 0 aliphatic carbocycles. The van der Waals surface area contributed by atoms with Gasteiger partial charge in [0.1, 0.15) is 0 Å². The van der Waals surface area contributed by atoms with Crippen LogP contribution in [0.3, 0.4) is 0 Å². The van der Waals surface area contributed by atoms with E-state index in [0.717, 1.165) is 51.4 Å². The van der Waals surface area contributed by atoms with Gasteiger partial charge in [-0.3, -0.25) is 0 Å². The Morgan fingerprint density at radius 2 is 1.79 bits per heavy atom. The Balaban J connectivity index is 1.57. The number of benzene rings is 1. The molecular weight excluding hydrogens is 364 g/mol. The van der Waals surface area contributed by atoms with Gasteiger partial charge < -0.3 is 20.4 Å². The molecule has 154 valence electrons. The minimum Gasteiger partial charge on any atom is -0.381 e. The molecule has 3 heterocycles. The van der Waals surface area contributed by atoms with E-state index in [2.05, 4.69) is 63.9 Å². The van der Waals surface area contributed by atoms with Crippen LogP contribution in [0, 0.1) is 13.8 Å². The van der Waals surface area contributed by atoms with E-state index >= 15 is 0 Å². The predicted octanol–water partition coefficient (Wildman–Crippen LogP) is 2.10. The third-order valence-electron chi connectivity index (χ3n) is 5.48. The number of aryl methyl sites for hydroxylation is 2. The summed E-state index contributed by atoms with van der Waals surface area (Å²) in [5.41, 5.74) is 10.2. The van der Waals surface area contributed by atoms with Gasteiger partial charge in [0.25, 0.3) is 0 Å². The second-order valence-electron chi connectivity index (χ2n) is 7.99. The maximum absolute atomic E-state index is 6.00. The molecule has 1 fully saturated rings. The summed E-state index contributed by atoms with van der Waals surface area (Å²) in [6.45, 7) is 10.7. The van der Waals surface area contributed by atoms with Gasteiger partial charge in [0.05, 0.1) is 0 Å². The largest absolute Gasteiger partial charge is 0.381 e. The molecule has 2 N–H and O–H groups in total. The molecule has 0 radical (unpaired) electrons. The van der Waals surface area contributed by atoms with Crippen LogP contribution in [0.5, 0.6) is 0 Å². The third-order valence-corrected chi connectivity index (χ3v) is 5.48. The van der Waals surface area contributed by atoms with Crippen molar-refractivity contribution in [2.24, 2.45) is 0 Å². The Kier molecular flexibility index (Phi) is 5.64. The minimum atomic E-state index is 0.393. The monoisotopic (exact) mass is 394 g/mol. The van der Waals surface area contributed by atoms with Crippen molar-refractivity contribution in [3.05, 3.63) is 41.7 Å². The van der Waals surface area contributed by atoms with Crippen LogP contribution in [0.25, 0.3) is 5.65 Å². The zero-order valence-electron chi connectivity index (χ0n) is 17.5. The van der Waals surface area contributed by atoms with Crippen LogP contribution in [0.4, 0.5) is 17.5 Å². The van der Waals surface area contributed by atoms with Crippen LogP contribution >= 0.6 is 0 Å². The van der Waals surface area contributed by atoms with Crippen LogP contribution < -0.4 is 10.6 Å². The summed E-state index contributed by atoms with van der Waals surface area (Å²) in [5.74, 6) is 1.05. The molecule has 8 nitrogen and oxygen atoms in total. The van der Waals surface area contributed by atoms with Gasteiger partial charge in [-0.15, -0.1) is 5.10 Å². The zero-order chi connectivity index (χ0) is 20.4. The van der Waals surface area contributed by atoms with Gasteiger partial charge in [-0.1, -0.05) is 6.07 Å². The first-order chi connectivity index (χ1) is 14.0. The number of fused-ring (bicyclic) bond motifs is 1. The number of nitrogen functional groups attached to an aromatic ring is 1. The van der Waals surface area contributed by atoms with Gasteiger partial charge in [-0.2, -0.15) is 4.98 Å². The summed E-state index contributed by atoms with van der Waals surface area (Å²) in [4.78, 5) is 16.0. The van der Waals surface area contributed by atoms with E-state index in [1.807, 2.05) is 0 Å². The maximum Gasteiger partial charge on any atom is 0.250 e. The molecule has 29 heavy (non-hydrogen) atoms. The number of piperazine rings is 1. The molecule has 2 aromatic heterocycles. The number of anilines is 3. The molecule has 0 bridgehead atoms. The Hall–Kier alpha value is -2.71. The lowest BCUT2D eigenvalue weighted by Crippen LogP contribution is -2.45. The van der Waals surface area contributed by atoms with E-state index in [0.29, 0.717) is 17.4 Å². The minimum absolute atomic E-state index is 0.393. The highest BCUT2D eigenvalue weighted by molar-refractivity contribution is 5.65. The van der Waals surface area contributed by atoms with Crippen molar-refractivity contribution in [3.63, 3.8) is 0 Å². The van der Waals surface area contributed by atoms with Crippen molar-refractivity contribution in [1.82, 2.24) is 29.4 Å². The number of aromatic nitrogens is 4. The highest BCUT2D eigenvalue weighted by Gasteiger charge is 2.18. The molecule has 4 rings (SSSR count). The summed E-state index contributed by atoms with van der Waals surface area (Å²) in [6.07, 6.45) is 4.47. The first-order valence-electron chi connectivity index (χ1n) is 10.2. The van der Waals surface area contributed by atoms with Crippen LogP contribution in [-0.2, 0) is 0 Å². The lowest BCUT2D eigenvalue weighted by atomic mass is 10.1. The second kappa shape index (κ2) is 8.34. The number of hydrogen-bond acceptors (Lipinski definition) is 7. The van der Waals surface area contributed by atoms with Crippen LogP contribution in [-0.4, -0.2) is 75.7 Å². The van der Waals surface area contributed by atoms with Crippen LogP contribution in [0.1, 0.15) is 17.5 Å². The molecule has 0 unspecified atom stereocenters. The highest BCUT2D eigenvalue weighted by Crippen LogP contribution is 2.26. The third kappa shape index (κ3) is 4.49. The van der Waals surface area contributed by atoms with E-state index < -0.39 is 0 Å². The summed E-state index contributed by atoms with van der Waals surface area (Å²) >= 11 is 0. The number of hydrogen-bond donors (Lipinski definition) is 1. The van der Waals surface area contributed by atoms with E-state index in [1.54, 1.807) is 16.9 Å². The molecule has 0 spiro atoms. The zero-order valence-corrected chi connectivity index (χ0v) is 17.5. The van der Waals surface area contributed by atoms with Gasteiger partial charge in [-0.05, 0) is 57.1 Å². The van der Waals surface area contributed by atoms with Gasteiger partial charge in [0.15, 0.2) is 11.5 Å². The predicted molar refractivity (Wildman–Crippen MR) is 117 cm³/mol. The Labute approximate surface area is 171 Å². The fraction of sp³-hybridized carbons (Fsp3) is 0.476. The first kappa shape index (κ1) is 19.6. The number of nitrogens with zero attached hydrogens (tertiary/aromatic N) is 7. The average molecular weight is 395 g/mol. The van der Waals surface area contributed by atoms with Gasteiger partial charge in [-0.25, -0.2) is 9.50 Å². The second-order valence-corrected chi connectivity index (χ2v) is 7.99. The normalized spacial score (nSPS) is 15.8. The SMILES string of the molecule is Cc1cc(C)cc(N(CCCN2CCN(C)CC2)c2nc3c(N)nccn3n2)c1. The first-order valence-corrected chi connectivity index (χ1v) is 10.2. The van der Waals surface area contributed by atoms with Crippen molar-refractivity contribution in [2.75, 3.05) is 56.9 Å². The Morgan fingerprint density at radius 1 is 1.07 bits per heavy atom. The summed E-state index contributed by atoms with van der Waals surface area (Å²) in [7, 11) is 2.19. The summed E-state index contributed by atoms with van der Waals surface area (Å²) in [5, 5.41) is 4.68. The fourth-order valence-corrected chi connectivity index (χ4v) is 3.91. The Bertz CT molecular complexity index is 954. The molecule has 1 aliphatic rings. The lowest BCUT2D eigenvalue weighted by Gasteiger charge is -2.32. The van der Waals surface area contributed by atoms with E-state index in [1.165, 1.54) is 11.1 Å². The molecule has 0 amide bonds. The molecule has 0 saturated carbocycles. The van der Waals surface area contributed by atoms with Gasteiger partial charge in [0.2, 0.25) is 5.95 Å². The standard InChI is InChI=1S/C21H30N8/c1-16-13-17(2)15-18(14-16)28(7-4-6-27-11-9-26(3)10-12-27)21-24-20-19(22)23-5-8-29(20)25-21/h5,8,13-15H,4,6-7,9-12H2,1-3H3,(H2,22,23). The van der Waals surface area contributed by atoms with Crippen molar-refractivity contribution in [2.45, 2.75) is 20.3 Å². The quantitative estimate of drug-likeness (QED) is 0.686. The number of rotatable bonds is 6. The van der Waals surface area contributed by atoms with Gasteiger partial charge >= 0.3 is 0 Å². The number of likely N-dealkylation sites (N-methyl/N-ethyl adjacent to an activating group) is 1. The average Bonchev–Trinajstić information content (AvgIpc) is 3.11. The van der Waals surface area contributed by atoms with Crippen molar-refractivity contribution in [1.29, 1.82) is 0 Å². The molecule has 1 saturated heterocycles. The maximum atomic E-state index is 6.00.